The van der Waals surface area contributed by atoms with Gasteiger partial charge in [0.15, 0.2) is 0 Å². The van der Waals surface area contributed by atoms with Crippen LogP contribution in [0.3, 0.4) is 0 Å². The molecule has 6 aromatic carbocycles. The summed E-state index contributed by atoms with van der Waals surface area (Å²) in [5.74, 6) is -0.199. The van der Waals surface area contributed by atoms with Crippen molar-refractivity contribution in [2.24, 2.45) is 0 Å². The smallest absolute Gasteiger partial charge is 0.251 e. The van der Waals surface area contributed by atoms with Crippen molar-refractivity contribution >= 4 is 52.5 Å². The maximum Gasteiger partial charge on any atom is 0.251 e. The Balaban J connectivity index is 0.000000164. The molecule has 1 aliphatic rings. The standard InChI is InChI=1S/C24H23N3O2.C23H23N3O2.C22H21N3O2/c1-17(28)27-13-3-5-22-14-21(10-11-23(22)27)19-6-8-20(9-7-19)24(29)26-16-18-4-2-12-25-15-18;1-3-22(27)26(2)21-12-10-19(11-13-21)18-6-8-20(9-7-18)23(28)25-16-17-5-4-14-24-15-17;1-2-21(26)25-20-11-9-18(10-12-20)17-5-7-19(8-6-17)22(27)24-15-16-4-3-13-23-14-16/h2,4,6-12,14-15H,3,5,13,16H2,1H3,(H,26,29);4-15H,3,16H2,1-2H3,(H,25,28);3-14H,2,15H2,1H3,(H,24,27)(H,25,26). The van der Waals surface area contributed by atoms with Crippen molar-refractivity contribution in [3.8, 4) is 33.4 Å². The van der Waals surface area contributed by atoms with Gasteiger partial charge in [0.05, 0.1) is 0 Å². The Morgan fingerprint density at radius 3 is 1.26 bits per heavy atom. The number of nitrogens with one attached hydrogen (secondary N) is 4. The number of hydrogen-bond acceptors (Lipinski definition) is 9. The van der Waals surface area contributed by atoms with Crippen LogP contribution >= 0.6 is 0 Å². The number of hydrogen-bond donors (Lipinski definition) is 4. The molecule has 0 aliphatic carbocycles. The zero-order chi connectivity index (χ0) is 59.2. The number of benzene rings is 6. The first kappa shape index (κ1) is 59.7. The molecule has 4 N–H and O–H groups in total. The van der Waals surface area contributed by atoms with Gasteiger partial charge in [0.2, 0.25) is 17.7 Å². The second-order valence-electron chi connectivity index (χ2n) is 19.8. The first-order chi connectivity index (χ1) is 40.8. The third-order valence-electron chi connectivity index (χ3n) is 14.0. The summed E-state index contributed by atoms with van der Waals surface area (Å²) in [6, 6.07) is 55.5. The zero-order valence-corrected chi connectivity index (χ0v) is 47.5. The fourth-order valence-corrected chi connectivity index (χ4v) is 9.16. The van der Waals surface area contributed by atoms with Gasteiger partial charge in [-0.15, -0.1) is 0 Å². The number of amides is 6. The first-order valence-electron chi connectivity index (χ1n) is 27.9. The molecule has 0 fully saturated rings. The van der Waals surface area contributed by atoms with Gasteiger partial charge in [-0.2, -0.15) is 0 Å². The van der Waals surface area contributed by atoms with E-state index in [2.05, 4.69) is 42.3 Å². The Labute approximate surface area is 490 Å². The monoisotopic (exact) mass is 1120 g/mol. The molecule has 0 saturated carbocycles. The summed E-state index contributed by atoms with van der Waals surface area (Å²) >= 11 is 0. The lowest BCUT2D eigenvalue weighted by Crippen LogP contribution is -2.33. The van der Waals surface area contributed by atoms with E-state index in [1.165, 1.54) is 5.56 Å². The zero-order valence-electron chi connectivity index (χ0n) is 47.5. The number of fused-ring (bicyclic) bond motifs is 1. The Hall–Kier alpha value is -10.4. The maximum absolute atomic E-state index is 12.4. The first-order valence-corrected chi connectivity index (χ1v) is 27.9. The predicted molar refractivity (Wildman–Crippen MR) is 331 cm³/mol. The minimum absolute atomic E-state index is 0.00982. The van der Waals surface area contributed by atoms with Crippen molar-refractivity contribution < 1.29 is 28.8 Å². The van der Waals surface area contributed by atoms with E-state index >= 15 is 0 Å². The highest BCUT2D eigenvalue weighted by atomic mass is 16.2. The molecule has 424 valence electrons. The van der Waals surface area contributed by atoms with Gasteiger partial charge in [-0.25, -0.2) is 0 Å². The number of aromatic nitrogens is 3. The summed E-state index contributed by atoms with van der Waals surface area (Å²) in [6.45, 7) is 7.40. The second kappa shape index (κ2) is 29.9. The van der Waals surface area contributed by atoms with Gasteiger partial charge in [0, 0.05) is 124 Å². The Kier molecular flexibility index (Phi) is 21.2. The molecule has 4 heterocycles. The quantitative estimate of drug-likeness (QED) is 0.0728. The second-order valence-corrected chi connectivity index (χ2v) is 19.8. The number of rotatable bonds is 16. The van der Waals surface area contributed by atoms with Crippen molar-refractivity contribution in [3.05, 3.63) is 252 Å². The molecule has 3 aromatic heterocycles. The van der Waals surface area contributed by atoms with Crippen molar-refractivity contribution in [1.82, 2.24) is 30.9 Å². The highest BCUT2D eigenvalue weighted by molar-refractivity contribution is 5.97. The van der Waals surface area contributed by atoms with Gasteiger partial charge in [-0.05, 0) is 159 Å². The minimum atomic E-state index is -0.122. The van der Waals surface area contributed by atoms with E-state index in [1.54, 1.807) is 68.2 Å². The number of nitrogens with zero attached hydrogens (tertiary/aromatic N) is 5. The number of carbonyl (C=O) groups is 6. The van der Waals surface area contributed by atoms with Crippen molar-refractivity contribution in [2.75, 3.05) is 28.7 Å². The van der Waals surface area contributed by atoms with Crippen LogP contribution in [0, 0.1) is 0 Å². The van der Waals surface area contributed by atoms with Gasteiger partial charge in [0.1, 0.15) is 0 Å². The summed E-state index contributed by atoms with van der Waals surface area (Å²) in [4.78, 5) is 87.7. The number of carbonyl (C=O) groups excluding carboxylic acids is 6. The lowest BCUT2D eigenvalue weighted by atomic mass is 9.95. The van der Waals surface area contributed by atoms with Crippen molar-refractivity contribution in [2.45, 2.75) is 66.1 Å². The van der Waals surface area contributed by atoms with Gasteiger partial charge >= 0.3 is 0 Å². The molecule has 0 spiro atoms. The van der Waals surface area contributed by atoms with Crippen LogP contribution in [0.2, 0.25) is 0 Å². The summed E-state index contributed by atoms with van der Waals surface area (Å²) in [6.07, 6.45) is 13.2. The van der Waals surface area contributed by atoms with Gasteiger partial charge in [-0.1, -0.05) is 98.8 Å². The molecule has 1 aliphatic heterocycles. The van der Waals surface area contributed by atoms with E-state index in [0.717, 1.165) is 86.5 Å². The molecule has 6 amide bonds. The van der Waals surface area contributed by atoms with Crippen LogP contribution in [-0.2, 0) is 40.4 Å². The molecule has 15 heteroatoms. The van der Waals surface area contributed by atoms with Crippen LogP contribution in [-0.4, -0.2) is 64.0 Å². The maximum atomic E-state index is 12.4. The van der Waals surface area contributed by atoms with Crippen LogP contribution in [0.25, 0.3) is 33.4 Å². The van der Waals surface area contributed by atoms with E-state index in [4.69, 9.17) is 0 Å². The molecule has 9 aromatic rings. The van der Waals surface area contributed by atoms with Crippen LogP contribution in [0.1, 0.15) is 93.4 Å². The average Bonchev–Trinajstić information content (AvgIpc) is 3.66. The summed E-state index contributed by atoms with van der Waals surface area (Å²) in [7, 11) is 1.78. The SMILES string of the molecule is CC(=O)N1CCCc2cc(-c3ccc(C(=O)NCc4cccnc4)cc3)ccc21.CCC(=O)N(C)c1ccc(-c2ccc(C(=O)NCc3cccnc3)cc2)cc1.CCC(=O)Nc1ccc(-c2ccc(C(=O)NCc3cccnc3)cc2)cc1. The summed E-state index contributed by atoms with van der Waals surface area (Å²) in [5.41, 5.74) is 14.8. The lowest BCUT2D eigenvalue weighted by Gasteiger charge is -2.29. The van der Waals surface area contributed by atoms with Gasteiger partial charge in [0.25, 0.3) is 17.7 Å². The Morgan fingerprint density at radius 1 is 0.488 bits per heavy atom. The van der Waals surface area contributed by atoms with E-state index < -0.39 is 0 Å². The topological polar surface area (TPSA) is 196 Å². The molecule has 0 atom stereocenters. The molecule has 15 nitrogen and oxygen atoms in total. The molecule has 10 rings (SSSR count). The Morgan fingerprint density at radius 2 is 0.881 bits per heavy atom. The molecule has 0 unspecified atom stereocenters. The molecule has 0 bridgehead atoms. The molecular weight excluding hydrogens is 1050 g/mol. The molecule has 0 saturated heterocycles. The summed E-state index contributed by atoms with van der Waals surface area (Å²) < 4.78 is 0. The van der Waals surface area contributed by atoms with Crippen LogP contribution in [0.15, 0.2) is 213 Å². The fraction of sp³-hybridized carbons (Fsp3) is 0.174. The minimum Gasteiger partial charge on any atom is -0.348 e. The number of pyridine rings is 3. The van der Waals surface area contributed by atoms with Crippen LogP contribution in [0.4, 0.5) is 17.1 Å². The highest BCUT2D eigenvalue weighted by Crippen LogP contribution is 2.32. The van der Waals surface area contributed by atoms with Gasteiger partial charge in [-0.3, -0.25) is 43.7 Å². The van der Waals surface area contributed by atoms with Gasteiger partial charge < -0.3 is 31.1 Å². The third-order valence-corrected chi connectivity index (χ3v) is 14.0. The number of aryl methyl sites for hydroxylation is 1. The highest BCUT2D eigenvalue weighted by Gasteiger charge is 2.21. The van der Waals surface area contributed by atoms with Crippen LogP contribution < -0.4 is 31.1 Å². The normalized spacial score (nSPS) is 11.2. The van der Waals surface area contributed by atoms with E-state index in [1.807, 2.05) is 176 Å². The van der Waals surface area contributed by atoms with Crippen molar-refractivity contribution in [1.29, 1.82) is 0 Å². The van der Waals surface area contributed by atoms with E-state index in [9.17, 15) is 28.8 Å². The van der Waals surface area contributed by atoms with E-state index in [0.29, 0.717) is 49.2 Å². The third kappa shape index (κ3) is 16.8. The molecule has 84 heavy (non-hydrogen) atoms. The van der Waals surface area contributed by atoms with E-state index in [-0.39, 0.29) is 35.4 Å². The molecular formula is C69H67N9O6. The van der Waals surface area contributed by atoms with Crippen LogP contribution in [0.5, 0.6) is 0 Å². The Bertz CT molecular complexity index is 3640. The fourth-order valence-electron chi connectivity index (χ4n) is 9.16. The lowest BCUT2D eigenvalue weighted by molar-refractivity contribution is -0.118. The van der Waals surface area contributed by atoms with Crippen molar-refractivity contribution in [3.63, 3.8) is 0 Å². The largest absolute Gasteiger partial charge is 0.348 e. The predicted octanol–water partition coefficient (Wildman–Crippen LogP) is 12.1. The number of anilines is 3. The summed E-state index contributed by atoms with van der Waals surface area (Å²) in [5, 5.41) is 11.5. The molecule has 0 radical (unpaired) electrons. The average molecular weight is 1120 g/mol.